The fraction of sp³-hybridized carbons (Fsp3) is 0.706. The van der Waals surface area contributed by atoms with E-state index in [9.17, 15) is 18.0 Å². The zero-order valence-electron chi connectivity index (χ0n) is 16.8. The lowest BCUT2D eigenvalue weighted by Gasteiger charge is -2.35. The van der Waals surface area contributed by atoms with Gasteiger partial charge in [0.05, 0.1) is 6.54 Å². The number of carbonyl (C=O) groups excluding carboxylic acids is 1. The Morgan fingerprint density at radius 2 is 2.10 bits per heavy atom. The highest BCUT2D eigenvalue weighted by atomic mass is 127. The molecule has 12 heteroatoms. The molecule has 0 bridgehead atoms. The van der Waals surface area contributed by atoms with Gasteiger partial charge >= 0.3 is 12.3 Å². The van der Waals surface area contributed by atoms with Gasteiger partial charge in [0, 0.05) is 31.6 Å². The summed E-state index contributed by atoms with van der Waals surface area (Å²) in [4.78, 5) is 21.6. The Balaban J connectivity index is 0.00000420. The Labute approximate surface area is 189 Å². The number of halogens is 4. The van der Waals surface area contributed by atoms with Gasteiger partial charge in [-0.05, 0) is 33.6 Å². The van der Waals surface area contributed by atoms with Crippen LogP contribution in [-0.2, 0) is 17.5 Å². The predicted molar refractivity (Wildman–Crippen MR) is 117 cm³/mol. The molecule has 1 aliphatic heterocycles. The van der Waals surface area contributed by atoms with Crippen molar-refractivity contribution in [1.82, 2.24) is 20.5 Å². The number of rotatable bonds is 3. The Kier molecular flexibility index (Phi) is 9.44. The Bertz CT molecular complexity index is 706. The van der Waals surface area contributed by atoms with Crippen LogP contribution in [0.1, 0.15) is 44.3 Å². The van der Waals surface area contributed by atoms with Crippen molar-refractivity contribution in [3.63, 3.8) is 0 Å². The van der Waals surface area contributed by atoms with Crippen molar-refractivity contribution in [3.05, 3.63) is 16.1 Å². The lowest BCUT2D eigenvalue weighted by molar-refractivity contribution is -0.140. The molecule has 29 heavy (non-hydrogen) atoms. The molecule has 7 nitrogen and oxygen atoms in total. The molecule has 1 amide bonds. The van der Waals surface area contributed by atoms with Gasteiger partial charge in [0.25, 0.3) is 0 Å². The van der Waals surface area contributed by atoms with Gasteiger partial charge in [-0.2, -0.15) is 13.2 Å². The number of guanidine groups is 1. The lowest BCUT2D eigenvalue weighted by atomic mass is 10.1. The number of thiazole rings is 1. The van der Waals surface area contributed by atoms with Gasteiger partial charge in [-0.1, -0.05) is 0 Å². The minimum absolute atomic E-state index is 0. The van der Waals surface area contributed by atoms with E-state index in [2.05, 4.69) is 20.6 Å². The maximum atomic E-state index is 12.6. The van der Waals surface area contributed by atoms with Crippen LogP contribution in [0.5, 0.6) is 0 Å². The fourth-order valence-electron chi connectivity index (χ4n) is 2.66. The summed E-state index contributed by atoms with van der Waals surface area (Å²) in [6.07, 6.45) is -3.14. The average Bonchev–Trinajstić information content (AvgIpc) is 3.06. The normalized spacial score (nSPS) is 18.1. The van der Waals surface area contributed by atoms with Gasteiger partial charge in [0.2, 0.25) is 0 Å². The van der Waals surface area contributed by atoms with Crippen LogP contribution in [0, 0.1) is 0 Å². The molecule has 1 aliphatic rings. The van der Waals surface area contributed by atoms with Crippen molar-refractivity contribution in [2.24, 2.45) is 4.99 Å². The summed E-state index contributed by atoms with van der Waals surface area (Å²) in [5, 5.41) is 7.48. The van der Waals surface area contributed by atoms with E-state index in [4.69, 9.17) is 4.74 Å². The number of nitrogens with one attached hydrogen (secondary N) is 2. The molecule has 1 saturated heterocycles. The first-order valence-electron chi connectivity index (χ1n) is 8.94. The molecule has 1 aromatic rings. The van der Waals surface area contributed by atoms with Gasteiger partial charge in [-0.3, -0.25) is 4.99 Å². The summed E-state index contributed by atoms with van der Waals surface area (Å²) in [6.45, 7) is 6.67. The molecule has 1 unspecified atom stereocenters. The second-order valence-electron chi connectivity index (χ2n) is 7.46. The highest BCUT2D eigenvalue weighted by Crippen LogP contribution is 2.29. The van der Waals surface area contributed by atoms with Crippen LogP contribution in [0.25, 0.3) is 0 Å². The van der Waals surface area contributed by atoms with E-state index in [-0.39, 0.29) is 42.7 Å². The van der Waals surface area contributed by atoms with Crippen LogP contribution in [0.2, 0.25) is 0 Å². The van der Waals surface area contributed by atoms with Gasteiger partial charge in [0.1, 0.15) is 10.6 Å². The monoisotopic (exact) mass is 549 g/mol. The van der Waals surface area contributed by atoms with Crippen LogP contribution >= 0.6 is 35.3 Å². The zero-order valence-corrected chi connectivity index (χ0v) is 19.9. The lowest BCUT2D eigenvalue weighted by Crippen LogP contribution is -2.53. The van der Waals surface area contributed by atoms with Crippen LogP contribution < -0.4 is 10.6 Å². The maximum Gasteiger partial charge on any atom is 0.434 e. The van der Waals surface area contributed by atoms with E-state index in [0.29, 0.717) is 24.1 Å². The van der Waals surface area contributed by atoms with E-state index >= 15 is 0 Å². The van der Waals surface area contributed by atoms with Crippen molar-refractivity contribution in [3.8, 4) is 0 Å². The third kappa shape index (κ3) is 8.52. The van der Waals surface area contributed by atoms with E-state index in [1.807, 2.05) is 20.8 Å². The summed E-state index contributed by atoms with van der Waals surface area (Å²) in [5.74, 6) is 0.444. The number of carbonyl (C=O) groups is 1. The SMILES string of the molecule is CN=C(NCc1nc(C(F)(F)F)cs1)NC1CCCN(C(=O)OC(C)(C)C)C1.I. The number of nitrogens with zero attached hydrogens (tertiary/aromatic N) is 3. The quantitative estimate of drug-likeness (QED) is 0.341. The van der Waals surface area contributed by atoms with E-state index in [1.165, 1.54) is 0 Å². The highest BCUT2D eigenvalue weighted by molar-refractivity contribution is 14.0. The van der Waals surface area contributed by atoms with Crippen molar-refractivity contribution >= 4 is 47.4 Å². The number of aromatic nitrogens is 1. The van der Waals surface area contributed by atoms with Crippen molar-refractivity contribution < 1.29 is 22.7 Å². The molecular weight excluding hydrogens is 522 g/mol. The highest BCUT2D eigenvalue weighted by Gasteiger charge is 2.33. The Hall–Kier alpha value is -1.31. The first kappa shape index (κ1) is 25.7. The first-order chi connectivity index (χ1) is 13.0. The number of aliphatic imine (C=N–C) groups is 1. The smallest absolute Gasteiger partial charge is 0.434 e. The summed E-state index contributed by atoms with van der Waals surface area (Å²) in [5.41, 5.74) is -1.45. The maximum absolute atomic E-state index is 12.6. The molecule has 2 N–H and O–H groups in total. The zero-order chi connectivity index (χ0) is 20.9. The van der Waals surface area contributed by atoms with Crippen LogP contribution in [-0.4, -0.2) is 53.7 Å². The van der Waals surface area contributed by atoms with E-state index in [0.717, 1.165) is 29.6 Å². The molecule has 0 spiro atoms. The van der Waals surface area contributed by atoms with E-state index < -0.39 is 17.5 Å². The molecule has 0 saturated carbocycles. The Morgan fingerprint density at radius 3 is 2.66 bits per heavy atom. The molecule has 0 aliphatic carbocycles. The molecule has 2 heterocycles. The molecule has 166 valence electrons. The summed E-state index contributed by atoms with van der Waals surface area (Å²) < 4.78 is 43.3. The van der Waals surface area contributed by atoms with Crippen molar-refractivity contribution in [1.29, 1.82) is 0 Å². The van der Waals surface area contributed by atoms with Crippen LogP contribution in [0.3, 0.4) is 0 Å². The summed E-state index contributed by atoms with van der Waals surface area (Å²) >= 11 is 0.939. The van der Waals surface area contributed by atoms with Gasteiger partial charge in [0.15, 0.2) is 11.7 Å². The number of alkyl halides is 3. The van der Waals surface area contributed by atoms with Gasteiger partial charge < -0.3 is 20.3 Å². The molecule has 0 radical (unpaired) electrons. The average molecular weight is 549 g/mol. The predicted octanol–water partition coefficient (Wildman–Crippen LogP) is 3.84. The minimum Gasteiger partial charge on any atom is -0.444 e. The fourth-order valence-corrected chi connectivity index (χ4v) is 3.40. The molecular formula is C17H27F3IN5O2S. The minimum atomic E-state index is -4.44. The van der Waals surface area contributed by atoms with E-state index in [1.54, 1.807) is 11.9 Å². The van der Waals surface area contributed by atoms with Crippen molar-refractivity contribution in [2.45, 2.75) is 58.0 Å². The van der Waals surface area contributed by atoms with Gasteiger partial charge in [-0.25, -0.2) is 9.78 Å². The van der Waals surface area contributed by atoms with Gasteiger partial charge in [-0.15, -0.1) is 35.3 Å². The van der Waals surface area contributed by atoms with Crippen molar-refractivity contribution in [2.75, 3.05) is 20.1 Å². The molecule has 0 aromatic carbocycles. The van der Waals surface area contributed by atoms with Crippen LogP contribution in [0.4, 0.5) is 18.0 Å². The second-order valence-corrected chi connectivity index (χ2v) is 8.40. The number of likely N-dealkylation sites (tertiary alicyclic amines) is 1. The number of amides is 1. The number of piperidine rings is 1. The Morgan fingerprint density at radius 1 is 1.41 bits per heavy atom. The number of hydrogen-bond acceptors (Lipinski definition) is 5. The standard InChI is InChI=1S/C17H26F3N5O2S.HI/c1-16(2,3)27-15(26)25-7-5-6-11(9-25)23-14(21-4)22-8-13-24-12(10-28-13)17(18,19)20;/h10-11H,5-9H2,1-4H3,(H2,21,22,23);1H. The molecule has 2 rings (SSSR count). The van der Waals surface area contributed by atoms with Crippen LogP contribution in [0.15, 0.2) is 10.4 Å². The third-order valence-corrected chi connectivity index (χ3v) is 4.74. The second kappa shape index (κ2) is 10.6. The summed E-state index contributed by atoms with van der Waals surface area (Å²) in [6, 6.07) is -0.0329. The topological polar surface area (TPSA) is 78.9 Å². The third-order valence-electron chi connectivity index (χ3n) is 3.89. The summed E-state index contributed by atoms with van der Waals surface area (Å²) in [7, 11) is 1.58. The number of ether oxygens (including phenoxy) is 1. The molecule has 1 fully saturated rings. The molecule has 1 aromatic heterocycles. The number of hydrogen-bond donors (Lipinski definition) is 2. The largest absolute Gasteiger partial charge is 0.444 e. The first-order valence-corrected chi connectivity index (χ1v) is 9.82. The molecule has 1 atom stereocenters.